The van der Waals surface area contributed by atoms with E-state index < -0.39 is 11.7 Å². The molecular weight excluding hydrogens is 256 g/mol. The number of hydrogen-bond acceptors (Lipinski definition) is 4. The quantitative estimate of drug-likeness (QED) is 0.584. The second-order valence-electron chi connectivity index (χ2n) is 4.18. The predicted molar refractivity (Wildman–Crippen MR) is 73.4 cm³/mol. The second-order valence-corrected chi connectivity index (χ2v) is 4.18. The normalized spacial score (nSPS) is 10.4. The summed E-state index contributed by atoms with van der Waals surface area (Å²) in [5.41, 5.74) is 0.882. The Bertz CT molecular complexity index is 778. The van der Waals surface area contributed by atoms with Crippen LogP contribution in [-0.2, 0) is 4.79 Å². The van der Waals surface area contributed by atoms with Crippen molar-refractivity contribution in [3.05, 3.63) is 60.2 Å². The van der Waals surface area contributed by atoms with Crippen molar-refractivity contribution < 1.29 is 14.1 Å². The van der Waals surface area contributed by atoms with Crippen LogP contribution in [0.25, 0.3) is 11.0 Å². The summed E-state index contributed by atoms with van der Waals surface area (Å²) in [6, 6.07) is 15.4. The Labute approximate surface area is 114 Å². The number of rotatable bonds is 3. The van der Waals surface area contributed by atoms with Crippen molar-refractivity contribution in [3.63, 3.8) is 0 Å². The summed E-state index contributed by atoms with van der Waals surface area (Å²) in [5.74, 6) is -1.11. The molecule has 0 fully saturated rings. The van der Waals surface area contributed by atoms with Gasteiger partial charge in [0.1, 0.15) is 0 Å². The van der Waals surface area contributed by atoms with Crippen LogP contribution in [0.5, 0.6) is 0 Å². The van der Waals surface area contributed by atoms with E-state index in [0.29, 0.717) is 16.5 Å². The summed E-state index contributed by atoms with van der Waals surface area (Å²) in [7, 11) is 0. The van der Waals surface area contributed by atoms with E-state index in [1.165, 1.54) is 0 Å². The molecule has 5 nitrogen and oxygen atoms in total. The lowest BCUT2D eigenvalue weighted by molar-refractivity contribution is -0.112. The fourth-order valence-corrected chi connectivity index (χ4v) is 1.86. The smallest absolute Gasteiger partial charge is 0.298 e. The molecule has 0 radical (unpaired) electrons. The maximum absolute atomic E-state index is 11.9. The van der Waals surface area contributed by atoms with Gasteiger partial charge in [0.15, 0.2) is 11.4 Å². The first-order valence-corrected chi connectivity index (χ1v) is 6.01. The van der Waals surface area contributed by atoms with Gasteiger partial charge >= 0.3 is 0 Å². The summed E-state index contributed by atoms with van der Waals surface area (Å²) in [6.45, 7) is 0. The fourth-order valence-electron chi connectivity index (χ4n) is 1.86. The van der Waals surface area contributed by atoms with E-state index in [2.05, 4.69) is 10.5 Å². The lowest BCUT2D eigenvalue weighted by Crippen LogP contribution is -2.23. The maximum Gasteiger partial charge on any atom is 0.298 e. The Balaban J connectivity index is 1.84. The molecule has 2 aromatic carbocycles. The third-order valence-corrected chi connectivity index (χ3v) is 2.85. The zero-order chi connectivity index (χ0) is 13.9. The van der Waals surface area contributed by atoms with Gasteiger partial charge in [-0.2, -0.15) is 0 Å². The molecule has 0 unspecified atom stereocenters. The fraction of sp³-hybridized carbons (Fsp3) is 0. The molecule has 0 atom stereocenters. The molecule has 0 aliphatic heterocycles. The van der Waals surface area contributed by atoms with Crippen molar-refractivity contribution in [3.8, 4) is 0 Å². The van der Waals surface area contributed by atoms with E-state index in [0.717, 1.165) is 0 Å². The van der Waals surface area contributed by atoms with Crippen LogP contribution in [0.15, 0.2) is 59.1 Å². The number of Topliss-reactive ketones (excluding diaryl/α,β-unsaturated/α-hetero) is 1. The number of carbonyl (C=O) groups is 2. The largest absolute Gasteiger partial charge is 0.354 e. The van der Waals surface area contributed by atoms with Gasteiger partial charge in [0.25, 0.3) is 11.7 Å². The number of para-hydroxylation sites is 1. The van der Waals surface area contributed by atoms with E-state index in [1.54, 1.807) is 54.6 Å². The summed E-state index contributed by atoms with van der Waals surface area (Å²) in [5, 5.41) is 6.88. The van der Waals surface area contributed by atoms with E-state index >= 15 is 0 Å². The van der Waals surface area contributed by atoms with Crippen molar-refractivity contribution in [1.29, 1.82) is 0 Å². The summed E-state index contributed by atoms with van der Waals surface area (Å²) < 4.78 is 5.06. The number of nitrogens with one attached hydrogen (secondary N) is 1. The van der Waals surface area contributed by atoms with Gasteiger partial charge in [-0.25, -0.2) is 0 Å². The van der Waals surface area contributed by atoms with Crippen molar-refractivity contribution in [2.45, 2.75) is 0 Å². The lowest BCUT2D eigenvalue weighted by atomic mass is 10.1. The minimum absolute atomic E-state index is 0.245. The molecule has 1 N–H and O–H groups in total. The molecule has 0 aliphatic rings. The molecule has 98 valence electrons. The number of nitrogens with zero attached hydrogens (tertiary/aromatic N) is 1. The third kappa shape index (κ3) is 2.16. The van der Waals surface area contributed by atoms with Crippen LogP contribution < -0.4 is 5.32 Å². The Morgan fingerprint density at radius 3 is 2.45 bits per heavy atom. The van der Waals surface area contributed by atoms with E-state index in [-0.39, 0.29) is 5.82 Å². The highest BCUT2D eigenvalue weighted by Gasteiger charge is 2.18. The van der Waals surface area contributed by atoms with Crippen molar-refractivity contribution in [1.82, 2.24) is 5.16 Å². The zero-order valence-electron chi connectivity index (χ0n) is 10.4. The monoisotopic (exact) mass is 266 g/mol. The molecule has 3 aromatic rings. The number of anilines is 1. The number of amides is 1. The Morgan fingerprint density at radius 2 is 1.65 bits per heavy atom. The van der Waals surface area contributed by atoms with Crippen molar-refractivity contribution >= 4 is 28.5 Å². The number of ketones is 1. The Hall–Kier alpha value is -2.95. The first kappa shape index (κ1) is 12.1. The van der Waals surface area contributed by atoms with Crippen LogP contribution >= 0.6 is 0 Å². The highest BCUT2D eigenvalue weighted by molar-refractivity contribution is 6.46. The van der Waals surface area contributed by atoms with Gasteiger partial charge in [-0.3, -0.25) is 9.59 Å². The SMILES string of the molecule is O=C(Nc1noc2ccccc12)C(=O)c1ccccc1. The van der Waals surface area contributed by atoms with E-state index in [1.807, 2.05) is 0 Å². The van der Waals surface area contributed by atoms with Gasteiger partial charge in [0.05, 0.1) is 5.39 Å². The molecular formula is C15H10N2O3. The Morgan fingerprint density at radius 1 is 0.950 bits per heavy atom. The first-order valence-electron chi connectivity index (χ1n) is 6.01. The number of hydrogen-bond donors (Lipinski definition) is 1. The highest BCUT2D eigenvalue weighted by atomic mass is 16.5. The molecule has 1 heterocycles. The molecule has 0 aliphatic carbocycles. The van der Waals surface area contributed by atoms with Crippen LogP contribution in [0.1, 0.15) is 10.4 Å². The van der Waals surface area contributed by atoms with Crippen LogP contribution in [-0.4, -0.2) is 16.8 Å². The standard InChI is InChI=1S/C15H10N2O3/c18-13(10-6-2-1-3-7-10)15(19)16-14-11-8-4-5-9-12(11)20-17-14/h1-9H,(H,16,17,19). The molecule has 0 saturated carbocycles. The number of fused-ring (bicyclic) bond motifs is 1. The van der Waals surface area contributed by atoms with E-state index in [9.17, 15) is 9.59 Å². The van der Waals surface area contributed by atoms with Gasteiger partial charge in [0, 0.05) is 5.56 Å². The number of carbonyl (C=O) groups excluding carboxylic acids is 2. The topological polar surface area (TPSA) is 72.2 Å². The summed E-state index contributed by atoms with van der Waals surface area (Å²) in [4.78, 5) is 23.8. The van der Waals surface area contributed by atoms with Gasteiger partial charge in [-0.15, -0.1) is 0 Å². The molecule has 3 rings (SSSR count). The number of benzene rings is 2. The van der Waals surface area contributed by atoms with Gasteiger partial charge in [-0.05, 0) is 12.1 Å². The Kier molecular flexibility index (Phi) is 3.01. The maximum atomic E-state index is 11.9. The number of aromatic nitrogens is 1. The van der Waals surface area contributed by atoms with Gasteiger partial charge in [0.2, 0.25) is 0 Å². The van der Waals surface area contributed by atoms with Crippen LogP contribution in [0.2, 0.25) is 0 Å². The van der Waals surface area contributed by atoms with Crippen LogP contribution in [0.3, 0.4) is 0 Å². The van der Waals surface area contributed by atoms with Crippen LogP contribution in [0.4, 0.5) is 5.82 Å². The first-order chi connectivity index (χ1) is 9.75. The highest BCUT2D eigenvalue weighted by Crippen LogP contribution is 2.22. The van der Waals surface area contributed by atoms with E-state index in [4.69, 9.17) is 4.52 Å². The molecule has 0 saturated heterocycles. The average molecular weight is 266 g/mol. The minimum atomic E-state index is -0.741. The summed E-state index contributed by atoms with van der Waals surface area (Å²) in [6.07, 6.45) is 0. The molecule has 1 aromatic heterocycles. The van der Waals surface area contributed by atoms with Gasteiger partial charge in [-0.1, -0.05) is 47.6 Å². The zero-order valence-corrected chi connectivity index (χ0v) is 10.4. The molecule has 0 spiro atoms. The molecule has 20 heavy (non-hydrogen) atoms. The van der Waals surface area contributed by atoms with Crippen molar-refractivity contribution in [2.75, 3.05) is 5.32 Å². The lowest BCUT2D eigenvalue weighted by Gasteiger charge is -2.01. The third-order valence-electron chi connectivity index (χ3n) is 2.85. The average Bonchev–Trinajstić information content (AvgIpc) is 2.91. The van der Waals surface area contributed by atoms with Crippen LogP contribution in [0, 0.1) is 0 Å². The molecule has 0 bridgehead atoms. The summed E-state index contributed by atoms with van der Waals surface area (Å²) >= 11 is 0. The molecule has 5 heteroatoms. The molecule has 1 amide bonds. The predicted octanol–water partition coefficient (Wildman–Crippen LogP) is 2.65. The second kappa shape index (κ2) is 4.97. The minimum Gasteiger partial charge on any atom is -0.354 e. The van der Waals surface area contributed by atoms with Crippen molar-refractivity contribution in [2.24, 2.45) is 0 Å². The van der Waals surface area contributed by atoms with Gasteiger partial charge < -0.3 is 9.84 Å².